The van der Waals surface area contributed by atoms with Gasteiger partial charge in [-0.25, -0.2) is 4.79 Å². The molecule has 2 rings (SSSR count). The van der Waals surface area contributed by atoms with Gasteiger partial charge in [-0.2, -0.15) is 0 Å². The van der Waals surface area contributed by atoms with Gasteiger partial charge in [0.1, 0.15) is 0 Å². The zero-order valence-corrected chi connectivity index (χ0v) is 14.3. The SMILES string of the molecule is C[C@H](c1ccccn1)N(C)C(=O)NCCOC1CCCCCC1. The number of rotatable bonds is 6. The summed E-state index contributed by atoms with van der Waals surface area (Å²) >= 11 is 0. The Morgan fingerprint density at radius 3 is 2.74 bits per heavy atom. The van der Waals surface area contributed by atoms with E-state index in [1.807, 2.05) is 25.1 Å². The molecule has 1 aliphatic carbocycles. The molecule has 5 nitrogen and oxygen atoms in total. The summed E-state index contributed by atoms with van der Waals surface area (Å²) in [4.78, 5) is 18.2. The van der Waals surface area contributed by atoms with Gasteiger partial charge in [-0.3, -0.25) is 4.98 Å². The minimum Gasteiger partial charge on any atom is -0.376 e. The average Bonchev–Trinajstić information content (AvgIpc) is 2.86. The minimum atomic E-state index is -0.0902. The van der Waals surface area contributed by atoms with Crippen molar-refractivity contribution in [3.05, 3.63) is 30.1 Å². The van der Waals surface area contributed by atoms with Crippen LogP contribution in [0.5, 0.6) is 0 Å². The van der Waals surface area contributed by atoms with Gasteiger partial charge in [0.2, 0.25) is 0 Å². The van der Waals surface area contributed by atoms with Crippen molar-refractivity contribution in [2.75, 3.05) is 20.2 Å². The normalized spacial score (nSPS) is 17.3. The van der Waals surface area contributed by atoms with Gasteiger partial charge in [0.15, 0.2) is 0 Å². The second kappa shape index (κ2) is 9.50. The number of pyridine rings is 1. The lowest BCUT2D eigenvalue weighted by atomic mass is 10.1. The fourth-order valence-corrected chi connectivity index (χ4v) is 2.91. The topological polar surface area (TPSA) is 54.5 Å². The molecule has 0 aromatic carbocycles. The molecule has 128 valence electrons. The molecule has 23 heavy (non-hydrogen) atoms. The van der Waals surface area contributed by atoms with Crippen molar-refractivity contribution in [2.45, 2.75) is 57.6 Å². The van der Waals surface area contributed by atoms with Crippen molar-refractivity contribution < 1.29 is 9.53 Å². The van der Waals surface area contributed by atoms with Crippen LogP contribution in [0.1, 0.15) is 57.2 Å². The number of urea groups is 1. The van der Waals surface area contributed by atoms with Crippen molar-refractivity contribution in [2.24, 2.45) is 0 Å². The highest BCUT2D eigenvalue weighted by Gasteiger charge is 2.18. The van der Waals surface area contributed by atoms with E-state index in [9.17, 15) is 4.79 Å². The highest BCUT2D eigenvalue weighted by molar-refractivity contribution is 5.74. The molecular weight excluding hydrogens is 290 g/mol. The number of nitrogens with one attached hydrogen (secondary N) is 1. The lowest BCUT2D eigenvalue weighted by molar-refractivity contribution is 0.0454. The molecule has 5 heteroatoms. The Bertz CT molecular complexity index is 459. The van der Waals surface area contributed by atoms with Crippen LogP contribution in [-0.2, 0) is 4.74 Å². The molecule has 1 aromatic heterocycles. The molecule has 1 heterocycles. The van der Waals surface area contributed by atoms with Gasteiger partial charge in [-0.1, -0.05) is 31.7 Å². The monoisotopic (exact) mass is 319 g/mol. The molecule has 0 spiro atoms. The first-order chi connectivity index (χ1) is 11.2. The Balaban J connectivity index is 1.67. The van der Waals surface area contributed by atoms with Gasteiger partial charge in [0.25, 0.3) is 0 Å². The highest BCUT2D eigenvalue weighted by atomic mass is 16.5. The van der Waals surface area contributed by atoms with E-state index >= 15 is 0 Å². The maximum absolute atomic E-state index is 12.2. The maximum atomic E-state index is 12.2. The van der Waals surface area contributed by atoms with Crippen LogP contribution in [-0.4, -0.2) is 42.2 Å². The highest BCUT2D eigenvalue weighted by Crippen LogP contribution is 2.19. The Morgan fingerprint density at radius 2 is 2.09 bits per heavy atom. The van der Waals surface area contributed by atoms with Crippen LogP contribution in [0, 0.1) is 0 Å². The predicted molar refractivity (Wildman–Crippen MR) is 91.3 cm³/mol. The van der Waals surface area contributed by atoms with E-state index in [1.165, 1.54) is 25.7 Å². The Labute approximate surface area is 139 Å². The fourth-order valence-electron chi connectivity index (χ4n) is 2.91. The smallest absolute Gasteiger partial charge is 0.317 e. The van der Waals surface area contributed by atoms with Crippen LogP contribution >= 0.6 is 0 Å². The summed E-state index contributed by atoms with van der Waals surface area (Å²) in [6, 6.07) is 5.60. The summed E-state index contributed by atoms with van der Waals surface area (Å²) in [6.07, 6.45) is 9.62. The molecule has 2 amide bonds. The first kappa shape index (κ1) is 17.7. The second-order valence-electron chi connectivity index (χ2n) is 6.26. The zero-order valence-electron chi connectivity index (χ0n) is 14.3. The summed E-state index contributed by atoms with van der Waals surface area (Å²) in [6.45, 7) is 3.11. The first-order valence-electron chi connectivity index (χ1n) is 8.71. The Hall–Kier alpha value is -1.62. The number of amides is 2. The van der Waals surface area contributed by atoms with Crippen LogP contribution in [0.3, 0.4) is 0 Å². The fraction of sp³-hybridized carbons (Fsp3) is 0.667. The van der Waals surface area contributed by atoms with E-state index < -0.39 is 0 Å². The van der Waals surface area contributed by atoms with Gasteiger partial charge < -0.3 is 15.0 Å². The molecule has 1 saturated carbocycles. The van der Waals surface area contributed by atoms with Crippen molar-refractivity contribution >= 4 is 6.03 Å². The van der Waals surface area contributed by atoms with E-state index in [-0.39, 0.29) is 12.1 Å². The van der Waals surface area contributed by atoms with E-state index in [0.717, 1.165) is 18.5 Å². The predicted octanol–water partition coefficient (Wildman–Crippen LogP) is 3.52. The number of hydrogen-bond donors (Lipinski definition) is 1. The number of aromatic nitrogens is 1. The van der Waals surface area contributed by atoms with Gasteiger partial charge >= 0.3 is 6.03 Å². The molecule has 0 saturated heterocycles. The van der Waals surface area contributed by atoms with Gasteiger partial charge in [-0.05, 0) is 31.9 Å². The molecule has 0 aliphatic heterocycles. The van der Waals surface area contributed by atoms with Crippen molar-refractivity contribution in [3.8, 4) is 0 Å². The summed E-state index contributed by atoms with van der Waals surface area (Å²) < 4.78 is 5.89. The molecule has 1 aromatic rings. The van der Waals surface area contributed by atoms with E-state index in [0.29, 0.717) is 19.3 Å². The molecule has 0 unspecified atom stereocenters. The minimum absolute atomic E-state index is 0.0565. The third-order valence-corrected chi connectivity index (χ3v) is 4.55. The number of carbonyl (C=O) groups excluding carboxylic acids is 1. The molecule has 1 aliphatic rings. The van der Waals surface area contributed by atoms with E-state index in [4.69, 9.17) is 4.74 Å². The number of ether oxygens (including phenoxy) is 1. The van der Waals surface area contributed by atoms with Crippen LogP contribution in [0.15, 0.2) is 24.4 Å². The van der Waals surface area contributed by atoms with E-state index in [1.54, 1.807) is 18.1 Å². The van der Waals surface area contributed by atoms with Crippen molar-refractivity contribution in [1.82, 2.24) is 15.2 Å². The van der Waals surface area contributed by atoms with Gasteiger partial charge in [0, 0.05) is 19.8 Å². The third-order valence-electron chi connectivity index (χ3n) is 4.55. The molecule has 1 N–H and O–H groups in total. The Morgan fingerprint density at radius 1 is 1.35 bits per heavy atom. The second-order valence-corrected chi connectivity index (χ2v) is 6.26. The average molecular weight is 319 g/mol. The van der Waals surface area contributed by atoms with Crippen LogP contribution in [0.25, 0.3) is 0 Å². The van der Waals surface area contributed by atoms with Crippen molar-refractivity contribution in [3.63, 3.8) is 0 Å². The largest absolute Gasteiger partial charge is 0.376 e. The van der Waals surface area contributed by atoms with Crippen LogP contribution in [0.2, 0.25) is 0 Å². The summed E-state index contributed by atoms with van der Waals surface area (Å²) in [7, 11) is 1.79. The van der Waals surface area contributed by atoms with Crippen LogP contribution < -0.4 is 5.32 Å². The number of carbonyl (C=O) groups is 1. The lowest BCUT2D eigenvalue weighted by Gasteiger charge is -2.25. The van der Waals surface area contributed by atoms with Crippen LogP contribution in [0.4, 0.5) is 4.79 Å². The van der Waals surface area contributed by atoms with Crippen molar-refractivity contribution in [1.29, 1.82) is 0 Å². The standard InChI is InChI=1S/C18H29N3O2/c1-15(17-11-7-8-12-19-17)21(2)18(22)20-13-14-23-16-9-5-3-4-6-10-16/h7-8,11-12,15-16H,3-6,9-10,13-14H2,1-2H3,(H,20,22)/t15-/m1/s1. The van der Waals surface area contributed by atoms with Gasteiger partial charge in [0.05, 0.1) is 24.4 Å². The molecule has 1 atom stereocenters. The lowest BCUT2D eigenvalue weighted by Crippen LogP contribution is -2.40. The third kappa shape index (κ3) is 5.82. The van der Waals surface area contributed by atoms with E-state index in [2.05, 4.69) is 10.3 Å². The quantitative estimate of drug-likeness (QED) is 0.645. The number of hydrogen-bond acceptors (Lipinski definition) is 3. The Kier molecular flexibility index (Phi) is 7.33. The zero-order chi connectivity index (χ0) is 16.5. The maximum Gasteiger partial charge on any atom is 0.317 e. The first-order valence-corrected chi connectivity index (χ1v) is 8.71. The molecule has 0 bridgehead atoms. The number of nitrogens with zero attached hydrogens (tertiary/aromatic N) is 2. The summed E-state index contributed by atoms with van der Waals surface area (Å²) in [5.41, 5.74) is 0.889. The molecule has 1 fully saturated rings. The molecule has 0 radical (unpaired) electrons. The summed E-state index contributed by atoms with van der Waals surface area (Å²) in [5.74, 6) is 0. The molecular formula is C18H29N3O2. The summed E-state index contributed by atoms with van der Waals surface area (Å²) in [5, 5.41) is 2.92. The van der Waals surface area contributed by atoms with Gasteiger partial charge in [-0.15, -0.1) is 0 Å².